The number of carbonyl (C=O) groups excluding carboxylic acids is 2. The molecule has 31 heavy (non-hydrogen) atoms. The number of anilines is 1. The number of thioether (sulfide) groups is 1. The molecule has 0 atom stereocenters. The number of imide groups is 1. The molecule has 0 bridgehead atoms. The van der Waals surface area contributed by atoms with E-state index in [-0.39, 0.29) is 11.8 Å². The maximum absolute atomic E-state index is 13.5. The molecular formula is C24H21NO5S. The Balaban J connectivity index is 1.78. The second-order valence-electron chi connectivity index (χ2n) is 6.92. The molecule has 2 amide bonds. The fourth-order valence-electron chi connectivity index (χ4n) is 3.39. The number of aryl methyl sites for hydroxylation is 1. The number of benzene rings is 2. The number of hydrogen-bond donors (Lipinski definition) is 0. The van der Waals surface area contributed by atoms with Gasteiger partial charge < -0.3 is 13.9 Å². The molecule has 0 unspecified atom stereocenters. The van der Waals surface area contributed by atoms with Gasteiger partial charge in [0.25, 0.3) is 11.8 Å². The molecule has 0 saturated heterocycles. The van der Waals surface area contributed by atoms with Crippen LogP contribution in [0.1, 0.15) is 16.9 Å². The molecule has 0 N–H and O–H groups in total. The predicted molar refractivity (Wildman–Crippen MR) is 120 cm³/mol. The molecule has 2 heterocycles. The zero-order chi connectivity index (χ0) is 22.0. The average Bonchev–Trinajstić information content (AvgIpc) is 3.38. The van der Waals surface area contributed by atoms with Crippen LogP contribution in [-0.2, 0) is 15.3 Å². The molecule has 0 radical (unpaired) electrons. The summed E-state index contributed by atoms with van der Waals surface area (Å²) < 4.78 is 16.1. The third kappa shape index (κ3) is 3.96. The van der Waals surface area contributed by atoms with Crippen molar-refractivity contribution in [2.75, 3.05) is 19.1 Å². The maximum atomic E-state index is 13.5. The minimum absolute atomic E-state index is 0.354. The third-order valence-corrected chi connectivity index (χ3v) is 6.03. The van der Waals surface area contributed by atoms with Crippen LogP contribution in [0.25, 0.3) is 5.57 Å². The second-order valence-corrected chi connectivity index (χ2v) is 7.91. The Morgan fingerprint density at radius 3 is 2.39 bits per heavy atom. The number of furan rings is 1. The first kappa shape index (κ1) is 20.8. The molecular weight excluding hydrogens is 414 g/mol. The number of hydrogen-bond acceptors (Lipinski definition) is 6. The quantitative estimate of drug-likeness (QED) is 0.496. The minimum atomic E-state index is -0.388. The van der Waals surface area contributed by atoms with Crippen molar-refractivity contribution in [3.8, 4) is 11.5 Å². The van der Waals surface area contributed by atoms with Gasteiger partial charge in [-0.1, -0.05) is 18.2 Å². The van der Waals surface area contributed by atoms with Crippen LogP contribution in [0.4, 0.5) is 5.69 Å². The van der Waals surface area contributed by atoms with Gasteiger partial charge in [-0.2, -0.15) is 0 Å². The van der Waals surface area contributed by atoms with E-state index in [0.29, 0.717) is 39.0 Å². The summed E-state index contributed by atoms with van der Waals surface area (Å²) in [5.74, 6) is 1.51. The van der Waals surface area contributed by atoms with Crippen LogP contribution in [0, 0.1) is 6.92 Å². The fraction of sp³-hybridized carbons (Fsp3) is 0.167. The van der Waals surface area contributed by atoms with Gasteiger partial charge >= 0.3 is 0 Å². The first-order valence-electron chi connectivity index (χ1n) is 9.60. The van der Waals surface area contributed by atoms with Gasteiger partial charge in [0.15, 0.2) is 0 Å². The Morgan fingerprint density at radius 1 is 0.968 bits per heavy atom. The van der Waals surface area contributed by atoms with Crippen LogP contribution in [0.2, 0.25) is 0 Å². The van der Waals surface area contributed by atoms with E-state index in [0.717, 1.165) is 11.3 Å². The molecule has 0 saturated carbocycles. The van der Waals surface area contributed by atoms with Crippen LogP contribution in [-0.4, -0.2) is 26.0 Å². The lowest BCUT2D eigenvalue weighted by Crippen LogP contribution is -2.31. The highest BCUT2D eigenvalue weighted by molar-refractivity contribution is 8.03. The number of nitrogens with zero attached hydrogens (tertiary/aromatic N) is 1. The predicted octanol–water partition coefficient (Wildman–Crippen LogP) is 4.82. The summed E-state index contributed by atoms with van der Waals surface area (Å²) in [6, 6.07) is 16.1. The average molecular weight is 436 g/mol. The first-order valence-corrected chi connectivity index (χ1v) is 10.6. The van der Waals surface area contributed by atoms with Crippen LogP contribution in [0.3, 0.4) is 0 Å². The monoisotopic (exact) mass is 435 g/mol. The van der Waals surface area contributed by atoms with E-state index in [1.54, 1.807) is 55.8 Å². The smallest absolute Gasteiger partial charge is 0.272 e. The molecule has 7 heteroatoms. The number of amides is 2. The SMILES string of the molecule is COc1ccc(C2=C(SCc3ccco3)C(=O)N(c3cc(C)ccc3OC)C2=O)cc1. The van der Waals surface area contributed by atoms with Crippen molar-refractivity contribution in [3.63, 3.8) is 0 Å². The Bertz CT molecular complexity index is 1150. The Morgan fingerprint density at radius 2 is 1.74 bits per heavy atom. The van der Waals surface area contributed by atoms with Crippen LogP contribution < -0.4 is 14.4 Å². The van der Waals surface area contributed by atoms with Crippen molar-refractivity contribution >= 4 is 34.8 Å². The van der Waals surface area contributed by atoms with E-state index in [2.05, 4.69) is 0 Å². The van der Waals surface area contributed by atoms with Gasteiger partial charge in [0, 0.05) is 0 Å². The highest BCUT2D eigenvalue weighted by Gasteiger charge is 2.41. The van der Waals surface area contributed by atoms with Crippen molar-refractivity contribution in [2.24, 2.45) is 0 Å². The van der Waals surface area contributed by atoms with E-state index in [1.807, 2.05) is 19.1 Å². The molecule has 4 rings (SSSR count). The molecule has 1 aliphatic rings. The summed E-state index contributed by atoms with van der Waals surface area (Å²) in [6.07, 6.45) is 1.58. The second kappa shape index (κ2) is 8.73. The van der Waals surface area contributed by atoms with Crippen molar-refractivity contribution < 1.29 is 23.5 Å². The normalized spacial score (nSPS) is 13.8. The van der Waals surface area contributed by atoms with Crippen molar-refractivity contribution in [1.82, 2.24) is 0 Å². The highest BCUT2D eigenvalue weighted by Crippen LogP contribution is 2.42. The van der Waals surface area contributed by atoms with Gasteiger partial charge in [-0.15, -0.1) is 11.8 Å². The standard InChI is InChI=1S/C24H21NO5S/c1-15-6-11-20(29-3)19(13-15)25-23(26)21(16-7-9-17(28-2)10-8-16)22(24(25)27)31-14-18-5-4-12-30-18/h4-13H,14H2,1-3H3. The summed E-state index contributed by atoms with van der Waals surface area (Å²) in [7, 11) is 3.10. The summed E-state index contributed by atoms with van der Waals surface area (Å²) >= 11 is 1.28. The summed E-state index contributed by atoms with van der Waals surface area (Å²) in [6.45, 7) is 1.90. The van der Waals surface area contributed by atoms with E-state index < -0.39 is 0 Å². The van der Waals surface area contributed by atoms with Crippen molar-refractivity contribution in [3.05, 3.63) is 82.7 Å². The molecule has 6 nitrogen and oxygen atoms in total. The maximum Gasteiger partial charge on any atom is 0.272 e. The molecule has 3 aromatic rings. The van der Waals surface area contributed by atoms with Gasteiger partial charge in [-0.05, 0) is 54.4 Å². The molecule has 2 aromatic carbocycles. The fourth-order valence-corrected chi connectivity index (χ4v) is 4.40. The lowest BCUT2D eigenvalue weighted by atomic mass is 10.1. The third-order valence-electron chi connectivity index (χ3n) is 4.93. The summed E-state index contributed by atoms with van der Waals surface area (Å²) in [5.41, 5.74) is 2.35. The van der Waals surface area contributed by atoms with Gasteiger partial charge in [-0.3, -0.25) is 9.59 Å². The molecule has 0 spiro atoms. The van der Waals surface area contributed by atoms with E-state index in [4.69, 9.17) is 13.9 Å². The lowest BCUT2D eigenvalue weighted by molar-refractivity contribution is -0.119. The van der Waals surface area contributed by atoms with Crippen LogP contribution >= 0.6 is 11.8 Å². The highest BCUT2D eigenvalue weighted by atomic mass is 32.2. The molecule has 0 aliphatic carbocycles. The number of methoxy groups -OCH3 is 2. The minimum Gasteiger partial charge on any atom is -0.497 e. The van der Waals surface area contributed by atoms with Crippen molar-refractivity contribution in [1.29, 1.82) is 0 Å². The first-order chi connectivity index (χ1) is 15.0. The molecule has 1 aliphatic heterocycles. The van der Waals surface area contributed by atoms with Crippen molar-refractivity contribution in [2.45, 2.75) is 12.7 Å². The molecule has 0 fully saturated rings. The topological polar surface area (TPSA) is 69.0 Å². The molecule has 158 valence electrons. The van der Waals surface area contributed by atoms with Gasteiger partial charge in [0.1, 0.15) is 17.3 Å². The number of carbonyl (C=O) groups is 2. The summed E-state index contributed by atoms with van der Waals surface area (Å²) in [5, 5.41) is 0. The Labute approximate surface area is 184 Å². The van der Waals surface area contributed by atoms with E-state index in [9.17, 15) is 9.59 Å². The Hall–Kier alpha value is -3.45. The summed E-state index contributed by atoms with van der Waals surface area (Å²) in [4.78, 5) is 28.6. The van der Waals surface area contributed by atoms with E-state index in [1.165, 1.54) is 23.8 Å². The molecule has 1 aromatic heterocycles. The number of ether oxygens (including phenoxy) is 2. The zero-order valence-electron chi connectivity index (χ0n) is 17.4. The van der Waals surface area contributed by atoms with Gasteiger partial charge in [-0.25, -0.2) is 4.90 Å². The van der Waals surface area contributed by atoms with Gasteiger partial charge in [0.2, 0.25) is 0 Å². The largest absolute Gasteiger partial charge is 0.497 e. The van der Waals surface area contributed by atoms with Crippen LogP contribution in [0.5, 0.6) is 11.5 Å². The zero-order valence-corrected chi connectivity index (χ0v) is 18.2. The Kier molecular flexibility index (Phi) is 5.86. The number of rotatable bonds is 7. The van der Waals surface area contributed by atoms with E-state index >= 15 is 0 Å². The lowest BCUT2D eigenvalue weighted by Gasteiger charge is -2.19. The van der Waals surface area contributed by atoms with Gasteiger partial charge in [0.05, 0.1) is 42.4 Å². The van der Waals surface area contributed by atoms with Crippen LogP contribution in [0.15, 0.2) is 70.2 Å².